The van der Waals surface area contributed by atoms with Gasteiger partial charge in [-0.15, -0.1) is 0 Å². The van der Waals surface area contributed by atoms with Gasteiger partial charge in [0.05, 0.1) is 22.3 Å². The lowest BCUT2D eigenvalue weighted by molar-refractivity contribution is 0.0983. The molecule has 0 fully saturated rings. The minimum atomic E-state index is -0.0911. The number of carbonyl (C=O) groups is 1. The van der Waals surface area contributed by atoms with E-state index in [1.54, 1.807) is 22.3 Å². The van der Waals surface area contributed by atoms with Crippen LogP contribution in [0.3, 0.4) is 0 Å². The van der Waals surface area contributed by atoms with Crippen LogP contribution in [0.2, 0.25) is 0 Å². The van der Waals surface area contributed by atoms with Gasteiger partial charge in [-0.2, -0.15) is 0 Å². The molecule has 142 valence electrons. The van der Waals surface area contributed by atoms with Crippen LogP contribution in [0.25, 0.3) is 10.2 Å². The fourth-order valence-corrected chi connectivity index (χ4v) is 4.33. The monoisotopic (exact) mass is 390 g/mol. The normalized spacial score (nSPS) is 11.1. The number of hydrogen-bond acceptors (Lipinski definition) is 4. The molecule has 0 aliphatic carbocycles. The minimum Gasteiger partial charge on any atom is -0.466 e. The lowest BCUT2D eigenvalue weighted by atomic mass is 10.1. The summed E-state index contributed by atoms with van der Waals surface area (Å²) in [6.45, 7) is 8.30. The molecule has 2 aromatic heterocycles. The lowest BCUT2D eigenvalue weighted by Gasteiger charge is -2.19. The first kappa shape index (κ1) is 18.4. The van der Waals surface area contributed by atoms with E-state index >= 15 is 0 Å². The highest BCUT2D eigenvalue weighted by atomic mass is 32.1. The maximum absolute atomic E-state index is 13.4. The summed E-state index contributed by atoms with van der Waals surface area (Å²) in [6.07, 6.45) is 0. The van der Waals surface area contributed by atoms with Crippen LogP contribution in [0, 0.1) is 27.7 Å². The summed E-state index contributed by atoms with van der Waals surface area (Å²) in [5.41, 5.74) is 4.96. The fourth-order valence-electron chi connectivity index (χ4n) is 3.31. The molecule has 0 radical (unpaired) electrons. The van der Waals surface area contributed by atoms with Gasteiger partial charge < -0.3 is 4.42 Å². The van der Waals surface area contributed by atoms with Gasteiger partial charge in [0.15, 0.2) is 5.13 Å². The number of fused-ring (bicyclic) bond motifs is 1. The Labute approximate surface area is 168 Å². The Morgan fingerprint density at radius 3 is 2.50 bits per heavy atom. The molecule has 0 saturated heterocycles. The molecular formula is C23H22N2O2S. The molecule has 28 heavy (non-hydrogen) atoms. The lowest BCUT2D eigenvalue weighted by Crippen LogP contribution is -2.30. The fraction of sp³-hybridized carbons (Fsp3) is 0.217. The van der Waals surface area contributed by atoms with E-state index in [-0.39, 0.29) is 5.91 Å². The van der Waals surface area contributed by atoms with Gasteiger partial charge in [-0.05, 0) is 56.5 Å². The number of aryl methyl sites for hydroxylation is 4. The Bertz CT molecular complexity index is 1160. The number of carbonyl (C=O) groups excluding carboxylic acids is 1. The summed E-state index contributed by atoms with van der Waals surface area (Å²) >= 11 is 1.55. The number of nitrogens with zero attached hydrogens (tertiary/aromatic N) is 2. The summed E-state index contributed by atoms with van der Waals surface area (Å²) < 4.78 is 6.69. The topological polar surface area (TPSA) is 46.3 Å². The van der Waals surface area contributed by atoms with E-state index in [1.165, 1.54) is 5.56 Å². The molecule has 0 spiro atoms. The number of hydrogen-bond donors (Lipinski definition) is 0. The predicted molar refractivity (Wildman–Crippen MR) is 114 cm³/mol. The van der Waals surface area contributed by atoms with E-state index in [4.69, 9.17) is 9.40 Å². The zero-order valence-electron chi connectivity index (χ0n) is 16.4. The largest absolute Gasteiger partial charge is 0.466 e. The third-order valence-electron chi connectivity index (χ3n) is 5.00. The Morgan fingerprint density at radius 1 is 1.07 bits per heavy atom. The van der Waals surface area contributed by atoms with Crippen molar-refractivity contribution in [2.45, 2.75) is 34.2 Å². The summed E-state index contributed by atoms with van der Waals surface area (Å²) in [6, 6.07) is 16.0. The molecule has 2 heterocycles. The van der Waals surface area contributed by atoms with Gasteiger partial charge in [0, 0.05) is 0 Å². The summed E-state index contributed by atoms with van der Waals surface area (Å²) in [4.78, 5) is 20.0. The Morgan fingerprint density at radius 2 is 1.82 bits per heavy atom. The molecule has 0 bridgehead atoms. The van der Waals surface area contributed by atoms with Crippen molar-refractivity contribution in [3.63, 3.8) is 0 Å². The molecule has 1 amide bonds. The first-order valence-corrected chi connectivity index (χ1v) is 10.1. The van der Waals surface area contributed by atoms with Crippen LogP contribution >= 0.6 is 11.3 Å². The highest BCUT2D eigenvalue weighted by Gasteiger charge is 2.25. The Kier molecular flexibility index (Phi) is 4.77. The van der Waals surface area contributed by atoms with Gasteiger partial charge in [0.2, 0.25) is 0 Å². The van der Waals surface area contributed by atoms with Crippen LogP contribution in [-0.2, 0) is 6.54 Å². The van der Waals surface area contributed by atoms with E-state index in [0.717, 1.165) is 27.1 Å². The third-order valence-corrected chi connectivity index (χ3v) is 6.05. The summed E-state index contributed by atoms with van der Waals surface area (Å²) in [5, 5.41) is 0.704. The first-order chi connectivity index (χ1) is 13.4. The van der Waals surface area contributed by atoms with E-state index in [0.29, 0.717) is 23.0 Å². The average Bonchev–Trinajstić information content (AvgIpc) is 3.26. The van der Waals surface area contributed by atoms with Crippen LogP contribution in [0.15, 0.2) is 52.9 Å². The van der Waals surface area contributed by atoms with Crippen LogP contribution in [-0.4, -0.2) is 10.9 Å². The molecule has 2 aromatic carbocycles. The molecule has 0 N–H and O–H groups in total. The zero-order valence-corrected chi connectivity index (χ0v) is 17.3. The van der Waals surface area contributed by atoms with Crippen LogP contribution in [0.4, 0.5) is 5.13 Å². The van der Waals surface area contributed by atoms with Crippen molar-refractivity contribution >= 4 is 32.6 Å². The molecule has 4 rings (SSSR count). The van der Waals surface area contributed by atoms with Crippen molar-refractivity contribution in [2.24, 2.45) is 0 Å². The highest BCUT2D eigenvalue weighted by molar-refractivity contribution is 7.22. The molecule has 4 aromatic rings. The van der Waals surface area contributed by atoms with E-state index in [2.05, 4.69) is 26.0 Å². The maximum atomic E-state index is 13.4. The van der Waals surface area contributed by atoms with Crippen molar-refractivity contribution in [3.05, 3.63) is 82.3 Å². The predicted octanol–water partition coefficient (Wildman–Crippen LogP) is 5.97. The van der Waals surface area contributed by atoms with Crippen molar-refractivity contribution in [1.29, 1.82) is 0 Å². The molecule has 0 saturated carbocycles. The standard InChI is InChI=1S/C23H22N2O2S/c1-14-10-11-20-21(16(14)3)24-23(28-20)25(13-18-8-6-5-7-9-18)22(26)19-12-15(2)27-17(19)4/h5-12H,13H2,1-4H3. The SMILES string of the molecule is Cc1cc(C(=O)N(Cc2ccccc2)c2nc3c(C)c(C)ccc3s2)c(C)o1. The first-order valence-electron chi connectivity index (χ1n) is 9.23. The minimum absolute atomic E-state index is 0.0911. The number of aromatic nitrogens is 1. The summed E-state index contributed by atoms with van der Waals surface area (Å²) in [7, 11) is 0. The molecule has 0 atom stereocenters. The highest BCUT2D eigenvalue weighted by Crippen LogP contribution is 2.34. The molecular weight excluding hydrogens is 368 g/mol. The number of amides is 1. The van der Waals surface area contributed by atoms with Gasteiger partial charge in [0.1, 0.15) is 11.5 Å². The second kappa shape index (κ2) is 7.24. The van der Waals surface area contributed by atoms with E-state index in [1.807, 2.05) is 44.2 Å². The van der Waals surface area contributed by atoms with Crippen LogP contribution in [0.1, 0.15) is 38.6 Å². The number of rotatable bonds is 4. The quantitative estimate of drug-likeness (QED) is 0.431. The van der Waals surface area contributed by atoms with Crippen molar-refractivity contribution in [3.8, 4) is 0 Å². The van der Waals surface area contributed by atoms with Crippen LogP contribution < -0.4 is 4.90 Å². The van der Waals surface area contributed by atoms with Crippen molar-refractivity contribution in [2.75, 3.05) is 4.90 Å². The van der Waals surface area contributed by atoms with Gasteiger partial charge in [-0.25, -0.2) is 4.98 Å². The average molecular weight is 391 g/mol. The van der Waals surface area contributed by atoms with Crippen molar-refractivity contribution in [1.82, 2.24) is 4.98 Å². The van der Waals surface area contributed by atoms with Crippen molar-refractivity contribution < 1.29 is 9.21 Å². The molecule has 0 aliphatic rings. The maximum Gasteiger partial charge on any atom is 0.263 e. The van der Waals surface area contributed by atoms with Gasteiger partial charge in [0.25, 0.3) is 5.91 Å². The second-order valence-corrected chi connectivity index (χ2v) is 8.06. The summed E-state index contributed by atoms with van der Waals surface area (Å²) in [5.74, 6) is 1.27. The Balaban J connectivity index is 1.82. The number of thiazole rings is 1. The number of furan rings is 1. The second-order valence-electron chi connectivity index (χ2n) is 7.05. The molecule has 5 heteroatoms. The molecule has 0 unspecified atom stereocenters. The third kappa shape index (κ3) is 3.34. The van der Waals surface area contributed by atoms with Crippen LogP contribution in [0.5, 0.6) is 0 Å². The van der Waals surface area contributed by atoms with Gasteiger partial charge in [-0.3, -0.25) is 9.69 Å². The van der Waals surface area contributed by atoms with Gasteiger partial charge >= 0.3 is 0 Å². The van der Waals surface area contributed by atoms with Gasteiger partial charge in [-0.1, -0.05) is 47.7 Å². The number of benzene rings is 2. The van der Waals surface area contributed by atoms with E-state index < -0.39 is 0 Å². The molecule has 0 aliphatic heterocycles. The zero-order chi connectivity index (χ0) is 19.8. The smallest absolute Gasteiger partial charge is 0.263 e. The Hall–Kier alpha value is -2.92. The number of anilines is 1. The molecule has 4 nitrogen and oxygen atoms in total. The van der Waals surface area contributed by atoms with E-state index in [9.17, 15) is 4.79 Å².